The molecule has 0 spiro atoms. The Kier molecular flexibility index (Phi) is 3.96. The second-order valence-corrected chi connectivity index (χ2v) is 6.32. The van der Waals surface area contributed by atoms with Gasteiger partial charge in [-0.25, -0.2) is 14.8 Å². The number of allylic oxidation sites excluding steroid dienone is 1. The molecule has 1 amide bonds. The van der Waals surface area contributed by atoms with E-state index in [1.165, 1.54) is 5.56 Å². The summed E-state index contributed by atoms with van der Waals surface area (Å²) in [6.07, 6.45) is 6.75. The van der Waals surface area contributed by atoms with Gasteiger partial charge in [-0.2, -0.15) is 0 Å². The Balaban J connectivity index is 1.41. The normalized spacial score (nSPS) is 19.8. The summed E-state index contributed by atoms with van der Waals surface area (Å²) in [6, 6.07) is 10.5. The molecular formula is C19H18N4O2. The van der Waals surface area contributed by atoms with Crippen LogP contribution in [-0.2, 0) is 9.59 Å². The summed E-state index contributed by atoms with van der Waals surface area (Å²) in [6.45, 7) is 1.47. The van der Waals surface area contributed by atoms with E-state index in [1.54, 1.807) is 29.4 Å². The maximum atomic E-state index is 12.7. The molecule has 25 heavy (non-hydrogen) atoms. The number of hydrazine groups is 1. The first-order valence-electron chi connectivity index (χ1n) is 8.37. The highest BCUT2D eigenvalue weighted by atomic mass is 16.2. The summed E-state index contributed by atoms with van der Waals surface area (Å²) in [5.74, 6) is 2.85. The number of nitrogens with zero attached hydrogens (tertiary/aromatic N) is 3. The fourth-order valence-electron chi connectivity index (χ4n) is 3.41. The van der Waals surface area contributed by atoms with Crippen molar-refractivity contribution in [1.29, 1.82) is 0 Å². The quantitative estimate of drug-likeness (QED) is 0.837. The summed E-state index contributed by atoms with van der Waals surface area (Å²) in [4.78, 5) is 29.6. The fourth-order valence-corrected chi connectivity index (χ4v) is 3.41. The molecule has 0 unspecified atom stereocenters. The van der Waals surface area contributed by atoms with Crippen LogP contribution in [0.25, 0.3) is 0 Å². The molecule has 126 valence electrons. The van der Waals surface area contributed by atoms with E-state index in [1.807, 2.05) is 11.0 Å². The third kappa shape index (κ3) is 2.99. The fraction of sp³-hybridized carbons (Fsp3) is 0.263. The molecule has 0 bridgehead atoms. The summed E-state index contributed by atoms with van der Waals surface area (Å²) in [5, 5.41) is 1.57. The minimum atomic E-state index is -0.0281. The molecule has 0 atom stereocenters. The first kappa shape index (κ1) is 15.4. The van der Waals surface area contributed by atoms with Crippen molar-refractivity contribution in [2.75, 3.05) is 13.1 Å². The van der Waals surface area contributed by atoms with Gasteiger partial charge in [0.2, 0.25) is 0 Å². The highest BCUT2D eigenvalue weighted by Gasteiger charge is 2.28. The van der Waals surface area contributed by atoms with Crippen LogP contribution in [0.2, 0.25) is 0 Å². The number of amides is 1. The highest BCUT2D eigenvalue weighted by molar-refractivity contribution is 6.12. The molecule has 0 aliphatic carbocycles. The number of likely N-dealkylation sites (tertiary alicyclic amines) is 1. The molecule has 0 radical (unpaired) electrons. The predicted octanol–water partition coefficient (Wildman–Crippen LogP) is 1.74. The van der Waals surface area contributed by atoms with Gasteiger partial charge in [0, 0.05) is 31.6 Å². The van der Waals surface area contributed by atoms with E-state index in [-0.39, 0.29) is 5.91 Å². The smallest absolute Gasteiger partial charge is 0.256 e. The van der Waals surface area contributed by atoms with Gasteiger partial charge in [-0.1, -0.05) is 30.3 Å². The first-order chi connectivity index (χ1) is 12.2. The van der Waals surface area contributed by atoms with Crippen molar-refractivity contribution >= 4 is 18.1 Å². The average Bonchev–Trinajstić information content (AvgIpc) is 3.10. The number of carbonyl (C=O) groups excluding carboxylic acids is 2. The molecule has 3 aliphatic heterocycles. The lowest BCUT2D eigenvalue weighted by Gasteiger charge is -2.33. The van der Waals surface area contributed by atoms with Crippen molar-refractivity contribution in [3.8, 4) is 0 Å². The van der Waals surface area contributed by atoms with Crippen molar-refractivity contribution in [3.63, 3.8) is 0 Å². The van der Waals surface area contributed by atoms with Gasteiger partial charge >= 0.3 is 0 Å². The van der Waals surface area contributed by atoms with Gasteiger partial charge < -0.3 is 4.90 Å². The number of rotatable bonds is 2. The van der Waals surface area contributed by atoms with E-state index in [2.05, 4.69) is 34.7 Å². The lowest BCUT2D eigenvalue weighted by molar-refractivity contribution is -0.127. The van der Waals surface area contributed by atoms with Crippen LogP contribution in [0.5, 0.6) is 0 Å². The van der Waals surface area contributed by atoms with Gasteiger partial charge in [-0.05, 0) is 24.3 Å². The number of aliphatic imine (C=N–C) groups is 1. The SMILES string of the molecule is O=C=C1C=C2N=CC(C(=O)N3CCC(c4ccccc4)CC3)=CN2N1. The first-order valence-corrected chi connectivity index (χ1v) is 8.37. The molecular weight excluding hydrogens is 316 g/mol. The molecule has 3 aliphatic rings. The van der Waals surface area contributed by atoms with Gasteiger partial charge in [-0.15, -0.1) is 0 Å². The molecule has 1 saturated heterocycles. The number of piperidine rings is 1. The zero-order chi connectivity index (χ0) is 17.2. The lowest BCUT2D eigenvalue weighted by atomic mass is 9.89. The average molecular weight is 334 g/mol. The lowest BCUT2D eigenvalue weighted by Crippen LogP contribution is -2.40. The second kappa shape index (κ2) is 6.42. The monoisotopic (exact) mass is 334 g/mol. The Morgan fingerprint density at radius 1 is 1.20 bits per heavy atom. The molecule has 1 aromatic carbocycles. The van der Waals surface area contributed by atoms with Crippen molar-refractivity contribution in [2.24, 2.45) is 4.99 Å². The number of benzene rings is 1. The number of nitrogens with one attached hydrogen (secondary N) is 1. The third-order valence-electron chi connectivity index (χ3n) is 4.78. The number of carbonyl (C=O) groups is 1. The molecule has 1 N–H and O–H groups in total. The van der Waals surface area contributed by atoms with Crippen molar-refractivity contribution in [2.45, 2.75) is 18.8 Å². The molecule has 0 aromatic heterocycles. The van der Waals surface area contributed by atoms with Gasteiger partial charge in [0.15, 0.2) is 11.8 Å². The number of hydrogen-bond acceptors (Lipinski definition) is 5. The van der Waals surface area contributed by atoms with Crippen LogP contribution in [0.15, 0.2) is 64.7 Å². The van der Waals surface area contributed by atoms with Crippen molar-refractivity contribution in [1.82, 2.24) is 15.3 Å². The highest BCUT2D eigenvalue weighted by Crippen LogP contribution is 2.28. The Hall–Kier alpha value is -3.11. The van der Waals surface area contributed by atoms with Crippen LogP contribution in [-0.4, -0.2) is 41.1 Å². The van der Waals surface area contributed by atoms with Crippen LogP contribution in [0.3, 0.4) is 0 Å². The largest absolute Gasteiger partial charge is 0.339 e. The van der Waals surface area contributed by atoms with Gasteiger partial charge in [0.05, 0.1) is 5.57 Å². The summed E-state index contributed by atoms with van der Waals surface area (Å²) < 4.78 is 0. The predicted molar refractivity (Wildman–Crippen MR) is 93.8 cm³/mol. The van der Waals surface area contributed by atoms with Crippen molar-refractivity contribution < 1.29 is 9.59 Å². The van der Waals surface area contributed by atoms with Crippen LogP contribution in [0, 0.1) is 0 Å². The molecule has 1 fully saturated rings. The van der Waals surface area contributed by atoms with Crippen LogP contribution >= 0.6 is 0 Å². The van der Waals surface area contributed by atoms with E-state index in [0.717, 1.165) is 25.9 Å². The van der Waals surface area contributed by atoms with Gasteiger partial charge in [0.25, 0.3) is 5.91 Å². The van der Waals surface area contributed by atoms with Crippen LogP contribution in [0.1, 0.15) is 24.3 Å². The molecule has 6 heteroatoms. The molecule has 3 heterocycles. The Morgan fingerprint density at radius 3 is 2.68 bits per heavy atom. The Labute approximate surface area is 145 Å². The standard InChI is InChI=1S/C19H18N4O2/c24-13-17-10-18-20-11-16(12-23(18)21-17)19(25)22-8-6-15(7-9-22)14-4-2-1-3-5-14/h1-5,10-12,15,21H,6-9H2. The summed E-state index contributed by atoms with van der Waals surface area (Å²) >= 11 is 0. The van der Waals surface area contributed by atoms with Crippen molar-refractivity contribution in [3.05, 3.63) is 65.3 Å². The molecule has 1 aromatic rings. The van der Waals surface area contributed by atoms with E-state index in [9.17, 15) is 9.59 Å². The Bertz CT molecular complexity index is 826. The summed E-state index contributed by atoms with van der Waals surface area (Å²) in [7, 11) is 0. The topological polar surface area (TPSA) is 65.0 Å². The Morgan fingerprint density at radius 2 is 1.96 bits per heavy atom. The molecule has 4 rings (SSSR count). The van der Waals surface area contributed by atoms with E-state index < -0.39 is 0 Å². The van der Waals surface area contributed by atoms with E-state index in [0.29, 0.717) is 23.0 Å². The van der Waals surface area contributed by atoms with E-state index in [4.69, 9.17) is 0 Å². The van der Waals surface area contributed by atoms with Crippen LogP contribution in [0.4, 0.5) is 0 Å². The summed E-state index contributed by atoms with van der Waals surface area (Å²) in [5.41, 5.74) is 4.99. The zero-order valence-electron chi connectivity index (χ0n) is 13.7. The minimum absolute atomic E-state index is 0.0281. The third-order valence-corrected chi connectivity index (χ3v) is 4.78. The second-order valence-electron chi connectivity index (χ2n) is 6.32. The van der Waals surface area contributed by atoms with E-state index >= 15 is 0 Å². The number of fused-ring (bicyclic) bond motifs is 1. The zero-order valence-corrected chi connectivity index (χ0v) is 13.7. The van der Waals surface area contributed by atoms with Gasteiger partial charge in [0.1, 0.15) is 5.70 Å². The molecule has 6 nitrogen and oxygen atoms in total. The maximum absolute atomic E-state index is 12.7. The van der Waals surface area contributed by atoms with Gasteiger partial charge in [-0.3, -0.25) is 10.2 Å². The number of hydrogen-bond donors (Lipinski definition) is 1. The minimum Gasteiger partial charge on any atom is -0.339 e. The maximum Gasteiger partial charge on any atom is 0.256 e. The van der Waals surface area contributed by atoms with Crippen LogP contribution < -0.4 is 5.43 Å². The molecule has 0 saturated carbocycles.